The van der Waals surface area contributed by atoms with Crippen molar-refractivity contribution in [2.75, 3.05) is 12.4 Å². The van der Waals surface area contributed by atoms with E-state index in [0.29, 0.717) is 22.7 Å². The zero-order valence-electron chi connectivity index (χ0n) is 12.4. The number of methoxy groups -OCH3 is 1. The molecular weight excluding hydrogens is 266 g/mol. The number of benzene rings is 2. The maximum atomic E-state index is 12.3. The number of ether oxygens (including phenoxy) is 2. The molecule has 0 aromatic heterocycles. The van der Waals surface area contributed by atoms with Crippen molar-refractivity contribution in [2.24, 2.45) is 0 Å². The number of amides is 1. The molecule has 0 aliphatic rings. The molecule has 0 spiro atoms. The molecular formula is C17H19NO3. The van der Waals surface area contributed by atoms with Gasteiger partial charge < -0.3 is 14.8 Å². The van der Waals surface area contributed by atoms with E-state index in [2.05, 4.69) is 5.32 Å². The van der Waals surface area contributed by atoms with Gasteiger partial charge in [-0.05, 0) is 44.2 Å². The minimum atomic E-state index is -0.200. The highest BCUT2D eigenvalue weighted by Crippen LogP contribution is 2.24. The summed E-state index contributed by atoms with van der Waals surface area (Å²) in [6.07, 6.45) is 0.0672. The van der Waals surface area contributed by atoms with Crippen LogP contribution in [-0.2, 0) is 0 Å². The van der Waals surface area contributed by atoms with Crippen LogP contribution < -0.4 is 14.8 Å². The fourth-order valence-electron chi connectivity index (χ4n) is 1.93. The van der Waals surface area contributed by atoms with Gasteiger partial charge >= 0.3 is 0 Å². The molecule has 21 heavy (non-hydrogen) atoms. The van der Waals surface area contributed by atoms with Gasteiger partial charge in [-0.25, -0.2) is 0 Å². The molecule has 0 aliphatic carbocycles. The zero-order valence-corrected chi connectivity index (χ0v) is 12.4. The largest absolute Gasteiger partial charge is 0.495 e. The van der Waals surface area contributed by atoms with Crippen LogP contribution in [0.1, 0.15) is 24.2 Å². The Bertz CT molecular complexity index is 623. The summed E-state index contributed by atoms with van der Waals surface area (Å²) in [6, 6.07) is 14.4. The summed E-state index contributed by atoms with van der Waals surface area (Å²) in [5.41, 5.74) is 1.18. The minimum absolute atomic E-state index is 0.0672. The maximum Gasteiger partial charge on any atom is 0.255 e. The van der Waals surface area contributed by atoms with Crippen LogP contribution in [0.2, 0.25) is 0 Å². The van der Waals surface area contributed by atoms with Gasteiger partial charge in [0.05, 0.1) is 18.9 Å². The average molecular weight is 285 g/mol. The molecule has 2 aromatic rings. The molecule has 0 atom stereocenters. The summed E-state index contributed by atoms with van der Waals surface area (Å²) in [6.45, 7) is 3.89. The third kappa shape index (κ3) is 3.99. The summed E-state index contributed by atoms with van der Waals surface area (Å²) < 4.78 is 10.8. The van der Waals surface area contributed by atoms with Crippen LogP contribution in [0, 0.1) is 0 Å². The second-order valence-electron chi connectivity index (χ2n) is 4.85. The first-order chi connectivity index (χ1) is 10.1. The average Bonchev–Trinajstić information content (AvgIpc) is 2.47. The number of anilines is 1. The Morgan fingerprint density at radius 1 is 1.10 bits per heavy atom. The number of hydrogen-bond acceptors (Lipinski definition) is 3. The molecule has 0 aliphatic heterocycles. The molecule has 4 nitrogen and oxygen atoms in total. The fraction of sp³-hybridized carbons (Fsp3) is 0.235. The molecule has 110 valence electrons. The standard InChI is InChI=1S/C17H19NO3/c1-12(2)21-14-8-6-7-13(11-14)17(19)18-15-9-4-5-10-16(15)20-3/h4-12H,1-3H3,(H,18,19). The first kappa shape index (κ1) is 14.9. The third-order valence-corrected chi connectivity index (χ3v) is 2.82. The van der Waals surface area contributed by atoms with Crippen molar-refractivity contribution in [3.63, 3.8) is 0 Å². The van der Waals surface area contributed by atoms with Gasteiger partial charge in [-0.15, -0.1) is 0 Å². The van der Waals surface area contributed by atoms with Crippen molar-refractivity contribution in [3.05, 3.63) is 54.1 Å². The Morgan fingerprint density at radius 3 is 2.57 bits per heavy atom. The molecule has 1 amide bonds. The van der Waals surface area contributed by atoms with E-state index in [1.165, 1.54) is 0 Å². The van der Waals surface area contributed by atoms with E-state index in [1.54, 1.807) is 37.4 Å². The highest BCUT2D eigenvalue weighted by Gasteiger charge is 2.10. The minimum Gasteiger partial charge on any atom is -0.495 e. The van der Waals surface area contributed by atoms with E-state index in [0.717, 1.165) is 0 Å². The van der Waals surface area contributed by atoms with Gasteiger partial charge in [0.1, 0.15) is 11.5 Å². The van der Waals surface area contributed by atoms with E-state index in [-0.39, 0.29) is 12.0 Å². The Balaban J connectivity index is 2.16. The second-order valence-corrected chi connectivity index (χ2v) is 4.85. The van der Waals surface area contributed by atoms with Crippen LogP contribution in [-0.4, -0.2) is 19.1 Å². The summed E-state index contributed by atoms with van der Waals surface area (Å²) in [7, 11) is 1.57. The zero-order chi connectivity index (χ0) is 15.2. The van der Waals surface area contributed by atoms with Crippen LogP contribution in [0.4, 0.5) is 5.69 Å². The molecule has 0 saturated heterocycles. The number of hydrogen-bond donors (Lipinski definition) is 1. The third-order valence-electron chi connectivity index (χ3n) is 2.82. The van der Waals surface area contributed by atoms with Crippen LogP contribution in [0.15, 0.2) is 48.5 Å². The van der Waals surface area contributed by atoms with E-state index >= 15 is 0 Å². The Hall–Kier alpha value is -2.49. The van der Waals surface area contributed by atoms with Crippen molar-refractivity contribution < 1.29 is 14.3 Å². The lowest BCUT2D eigenvalue weighted by molar-refractivity contribution is 0.102. The van der Waals surface area contributed by atoms with Gasteiger partial charge in [0.2, 0.25) is 0 Å². The van der Waals surface area contributed by atoms with E-state index in [1.807, 2.05) is 32.0 Å². The lowest BCUT2D eigenvalue weighted by Crippen LogP contribution is -2.13. The molecule has 0 heterocycles. The van der Waals surface area contributed by atoms with Gasteiger partial charge in [-0.2, -0.15) is 0 Å². The predicted molar refractivity (Wildman–Crippen MR) is 83.2 cm³/mol. The van der Waals surface area contributed by atoms with Gasteiger partial charge in [-0.3, -0.25) is 4.79 Å². The van der Waals surface area contributed by atoms with Crippen LogP contribution in [0.3, 0.4) is 0 Å². The topological polar surface area (TPSA) is 47.6 Å². The van der Waals surface area contributed by atoms with Crippen LogP contribution in [0.5, 0.6) is 11.5 Å². The molecule has 2 aromatic carbocycles. The lowest BCUT2D eigenvalue weighted by atomic mass is 10.2. The van der Waals surface area contributed by atoms with E-state index in [4.69, 9.17) is 9.47 Å². The summed E-state index contributed by atoms with van der Waals surface area (Å²) in [5, 5.41) is 2.84. The van der Waals surface area contributed by atoms with Crippen LogP contribution >= 0.6 is 0 Å². The summed E-state index contributed by atoms with van der Waals surface area (Å²) in [5.74, 6) is 1.10. The van der Waals surface area contributed by atoms with Crippen molar-refractivity contribution in [1.82, 2.24) is 0 Å². The molecule has 2 rings (SSSR count). The van der Waals surface area contributed by atoms with Crippen LogP contribution in [0.25, 0.3) is 0 Å². The number of carbonyl (C=O) groups is 1. The van der Waals surface area contributed by atoms with Crippen molar-refractivity contribution in [2.45, 2.75) is 20.0 Å². The second kappa shape index (κ2) is 6.79. The number of rotatable bonds is 5. The van der Waals surface area contributed by atoms with Crippen molar-refractivity contribution >= 4 is 11.6 Å². The molecule has 0 radical (unpaired) electrons. The number of para-hydroxylation sites is 2. The van der Waals surface area contributed by atoms with Gasteiger partial charge in [0, 0.05) is 5.56 Å². The van der Waals surface area contributed by atoms with Crippen molar-refractivity contribution in [1.29, 1.82) is 0 Å². The Morgan fingerprint density at radius 2 is 1.86 bits per heavy atom. The van der Waals surface area contributed by atoms with E-state index < -0.39 is 0 Å². The highest BCUT2D eigenvalue weighted by molar-refractivity contribution is 6.05. The summed E-state index contributed by atoms with van der Waals surface area (Å²) >= 11 is 0. The van der Waals surface area contributed by atoms with Gasteiger partial charge in [0.25, 0.3) is 5.91 Å². The molecule has 0 saturated carbocycles. The fourth-order valence-corrected chi connectivity index (χ4v) is 1.93. The van der Waals surface area contributed by atoms with Crippen molar-refractivity contribution in [3.8, 4) is 11.5 Å². The first-order valence-corrected chi connectivity index (χ1v) is 6.81. The lowest BCUT2D eigenvalue weighted by Gasteiger charge is -2.12. The molecule has 1 N–H and O–H groups in total. The molecule has 0 unspecified atom stereocenters. The van der Waals surface area contributed by atoms with Gasteiger partial charge in [0.15, 0.2) is 0 Å². The number of carbonyl (C=O) groups excluding carboxylic acids is 1. The smallest absolute Gasteiger partial charge is 0.255 e. The quantitative estimate of drug-likeness (QED) is 0.910. The normalized spacial score (nSPS) is 10.3. The number of nitrogens with one attached hydrogen (secondary N) is 1. The van der Waals surface area contributed by atoms with Gasteiger partial charge in [-0.1, -0.05) is 18.2 Å². The SMILES string of the molecule is COc1ccccc1NC(=O)c1cccc(OC(C)C)c1. The highest BCUT2D eigenvalue weighted by atomic mass is 16.5. The molecule has 0 bridgehead atoms. The van der Waals surface area contributed by atoms with E-state index in [9.17, 15) is 4.79 Å². The predicted octanol–water partition coefficient (Wildman–Crippen LogP) is 3.73. The monoisotopic (exact) mass is 285 g/mol. The summed E-state index contributed by atoms with van der Waals surface area (Å²) in [4.78, 5) is 12.3. The Kier molecular flexibility index (Phi) is 4.82. The maximum absolute atomic E-state index is 12.3. The Labute approximate surface area is 124 Å². The molecule has 4 heteroatoms. The first-order valence-electron chi connectivity index (χ1n) is 6.81. The molecule has 0 fully saturated rings.